The summed E-state index contributed by atoms with van der Waals surface area (Å²) >= 11 is 0. The number of ether oxygens (including phenoxy) is 8. The molecule has 4 aliphatic heterocycles. The van der Waals surface area contributed by atoms with E-state index >= 15 is 0 Å². The van der Waals surface area contributed by atoms with Crippen molar-refractivity contribution in [2.45, 2.75) is 228 Å². The number of pyridine rings is 2. The van der Waals surface area contributed by atoms with Crippen molar-refractivity contribution in [2.24, 2.45) is 58.2 Å². The normalized spacial score (nSPS) is 29.0. The standard InChI is InChI=1S/2C42H53F4N3O10S/c2*1-24-9-7-8-10-27-20-41(27,38(53)48-60(54,55)40(23-43)12-13-40)21-32(50)31-17-28(58-36-30-18-34(57-6)33(56-5)16-26(30)11-14-47-36)22-49(31)37(52)29(25(2)15-24)19-35(51)59-39(3,4)42(44,45)46/h2*8,10-11,14,16,18,24-25,27-29,31H,7,9,12-13,15,17,19-23H2,1-6H3,(H,48,53)/b2*10-8-/t24-,25+,27+,28+,29-,31-,41+;24-,25-,27-,28-,29+,31+,41-/m01/s1. The van der Waals surface area contributed by atoms with Crippen LogP contribution in [0, 0.1) is 58.2 Å². The van der Waals surface area contributed by atoms with Crippen molar-refractivity contribution < 1.29 is 128 Å². The highest BCUT2D eigenvalue weighted by Gasteiger charge is 2.66. The van der Waals surface area contributed by atoms with E-state index in [9.17, 15) is 90.3 Å². The molecule has 4 aromatic rings. The minimum atomic E-state index is -4.89. The highest BCUT2D eigenvalue weighted by Crippen LogP contribution is 2.60. The van der Waals surface area contributed by atoms with E-state index in [2.05, 4.69) is 19.4 Å². The molecule has 8 aliphatic rings. The van der Waals surface area contributed by atoms with Crippen LogP contribution in [0.25, 0.3) is 21.5 Å². The third kappa shape index (κ3) is 19.3. The maximum atomic E-state index is 14.9. The molecule has 120 heavy (non-hydrogen) atoms. The number of Topliss-reactive ketones (excluding diaryl/α,β-unsaturated/α-hetero) is 2. The number of nitrogens with zero attached hydrogens (tertiary/aromatic N) is 4. The van der Waals surface area contributed by atoms with Gasteiger partial charge in [0.1, 0.15) is 35.1 Å². The number of rotatable bonds is 22. The van der Waals surface area contributed by atoms with Crippen LogP contribution in [-0.4, -0.2) is 196 Å². The monoisotopic (exact) mass is 1730 g/mol. The van der Waals surface area contributed by atoms with Gasteiger partial charge in [0, 0.05) is 48.8 Å². The highest BCUT2D eigenvalue weighted by molar-refractivity contribution is 7.92. The zero-order valence-corrected chi connectivity index (χ0v) is 70.8. The van der Waals surface area contributed by atoms with Crippen LogP contribution in [0.15, 0.2) is 73.1 Å². The van der Waals surface area contributed by atoms with E-state index in [-0.39, 0.29) is 88.1 Å². The fraction of sp³-hybridized carbons (Fsp3) is 0.643. The van der Waals surface area contributed by atoms with E-state index in [0.717, 1.165) is 27.7 Å². The fourth-order valence-corrected chi connectivity index (χ4v) is 19.9. The Hall–Kier alpha value is -8.96. The molecule has 2 saturated heterocycles. The summed E-state index contributed by atoms with van der Waals surface area (Å²) in [5.41, 5.74) is -8.71. The van der Waals surface area contributed by atoms with E-state index in [1.807, 2.05) is 26.0 Å². The Labute approximate surface area is 692 Å². The summed E-state index contributed by atoms with van der Waals surface area (Å²) in [7, 11) is -2.95. The van der Waals surface area contributed by atoms with Gasteiger partial charge < -0.3 is 47.7 Å². The van der Waals surface area contributed by atoms with Crippen LogP contribution in [0.2, 0.25) is 0 Å². The summed E-state index contributed by atoms with van der Waals surface area (Å²) < 4.78 is 209. The number of nitrogens with one attached hydrogen (secondary N) is 2. The number of carbonyl (C=O) groups is 8. The first-order valence-electron chi connectivity index (χ1n) is 40.4. The van der Waals surface area contributed by atoms with Crippen molar-refractivity contribution >= 4 is 88.7 Å². The van der Waals surface area contributed by atoms with Gasteiger partial charge in [-0.15, -0.1) is 0 Å². The summed E-state index contributed by atoms with van der Waals surface area (Å²) in [6, 6.07) is 7.74. The molecule has 0 radical (unpaired) electrons. The van der Waals surface area contributed by atoms with Gasteiger partial charge in [0.25, 0.3) is 0 Å². The van der Waals surface area contributed by atoms with E-state index in [0.29, 0.717) is 83.1 Å². The molecular weight excluding hydrogens is 1630 g/mol. The summed E-state index contributed by atoms with van der Waals surface area (Å²) in [6.45, 7) is 7.50. The second kappa shape index (κ2) is 35.1. The molecule has 0 unspecified atom stereocenters. The van der Waals surface area contributed by atoms with Crippen LogP contribution >= 0.6 is 0 Å². The van der Waals surface area contributed by atoms with Crippen LogP contribution in [0.5, 0.6) is 34.8 Å². The number of alkyl halides is 8. The molecule has 660 valence electrons. The molecule has 36 heteroatoms. The molecule has 14 atom stereocenters. The number of carbonyl (C=O) groups excluding carboxylic acids is 8. The summed E-state index contributed by atoms with van der Waals surface area (Å²) in [5.74, 6) is -9.55. The van der Waals surface area contributed by atoms with Gasteiger partial charge in [-0.25, -0.2) is 35.6 Å². The van der Waals surface area contributed by atoms with Crippen molar-refractivity contribution in [3.05, 3.63) is 73.1 Å². The third-order valence-electron chi connectivity index (χ3n) is 25.5. The van der Waals surface area contributed by atoms with Crippen LogP contribution in [0.3, 0.4) is 0 Å². The van der Waals surface area contributed by atoms with Gasteiger partial charge in [0.05, 0.1) is 89.1 Å². The smallest absolute Gasteiger partial charge is 0.427 e. The first-order chi connectivity index (χ1) is 56.2. The highest BCUT2D eigenvalue weighted by atomic mass is 32.2. The quantitative estimate of drug-likeness (QED) is 0.0419. The molecule has 12 rings (SSSR count). The van der Waals surface area contributed by atoms with Crippen LogP contribution < -0.4 is 37.9 Å². The Morgan fingerprint density at radius 3 is 1.18 bits per heavy atom. The number of ketones is 2. The third-order valence-corrected chi connectivity index (χ3v) is 29.7. The molecule has 6 heterocycles. The van der Waals surface area contributed by atoms with E-state index in [1.165, 1.54) is 50.6 Å². The molecule has 2 aromatic heterocycles. The number of benzene rings is 2. The molecule has 2 aromatic carbocycles. The molecule has 4 saturated carbocycles. The van der Waals surface area contributed by atoms with Crippen molar-refractivity contribution in [3.63, 3.8) is 0 Å². The van der Waals surface area contributed by atoms with Gasteiger partial charge in [-0.3, -0.25) is 47.8 Å². The zero-order chi connectivity index (χ0) is 88.0. The van der Waals surface area contributed by atoms with Gasteiger partial charge in [0.15, 0.2) is 34.6 Å². The number of sulfonamides is 2. The Bertz CT molecular complexity index is 4580. The second-order valence-electron chi connectivity index (χ2n) is 35.0. The Kier molecular flexibility index (Phi) is 26.9. The number of methoxy groups -OCH3 is 4. The predicted molar refractivity (Wildman–Crippen MR) is 420 cm³/mol. The number of allylic oxidation sites excluding steroid dienone is 4. The zero-order valence-electron chi connectivity index (χ0n) is 69.2. The number of fused-ring (bicyclic) bond motifs is 6. The van der Waals surface area contributed by atoms with Gasteiger partial charge in [-0.05, 0) is 187 Å². The van der Waals surface area contributed by atoms with E-state index in [1.54, 1.807) is 62.4 Å². The molecule has 2 N–H and O–H groups in total. The number of aromatic nitrogens is 2. The number of halogens is 8. The molecule has 0 bridgehead atoms. The SMILES string of the molecule is COc1cc2ccnc(O[C@@H]3C[C@H]4C(=O)C[C@]5(C(=O)NS(=O)(=O)C6(CF)CC6)C[C@H]5/C=C\CC[C@@H](C)C[C@@H](C)[C@H](CC(=O)OC(C)(C)C(F)(F)F)C(=O)N4C3)c2cc1OC.COc1cc2ccnc(O[C@@H]3C[C@H]4C(=O)C[C@]5(C(=O)NS(=O)(=O)C6(CF)CC6)C[C@H]5/C=C\CC[C@H](C)C[C@@H](C)[C@H](CC(=O)OC(C)(C)C(F)(F)F)C(=O)N4C3)c2cc1OC. The number of hydrogen-bond acceptors (Lipinski definition) is 22. The number of hydrogen-bond donors (Lipinski definition) is 2. The lowest BCUT2D eigenvalue weighted by atomic mass is 9.82. The maximum absolute atomic E-state index is 14.9. The van der Waals surface area contributed by atoms with Gasteiger partial charge >= 0.3 is 24.3 Å². The van der Waals surface area contributed by atoms with Gasteiger partial charge in [-0.2, -0.15) is 26.3 Å². The van der Waals surface area contributed by atoms with Crippen molar-refractivity contribution in [1.82, 2.24) is 29.2 Å². The Morgan fingerprint density at radius 1 is 0.525 bits per heavy atom. The predicted octanol–water partition coefficient (Wildman–Crippen LogP) is 12.8. The number of esters is 2. The first kappa shape index (κ1) is 91.8. The lowest BCUT2D eigenvalue weighted by molar-refractivity contribution is -0.257. The Balaban J connectivity index is 0.000000235. The van der Waals surface area contributed by atoms with E-state index in [4.69, 9.17) is 37.9 Å². The van der Waals surface area contributed by atoms with Crippen molar-refractivity contribution in [2.75, 3.05) is 54.9 Å². The molecule has 26 nitrogen and oxygen atoms in total. The average Bonchev–Trinajstić information content (AvgIpc) is 1.57. The summed E-state index contributed by atoms with van der Waals surface area (Å²) in [4.78, 5) is 125. The summed E-state index contributed by atoms with van der Waals surface area (Å²) in [6.07, 6.45) is -0.232. The van der Waals surface area contributed by atoms with Crippen molar-refractivity contribution in [1.29, 1.82) is 0 Å². The van der Waals surface area contributed by atoms with Crippen molar-refractivity contribution in [3.8, 4) is 34.8 Å². The molecule has 4 aliphatic carbocycles. The lowest BCUT2D eigenvalue weighted by Gasteiger charge is -2.33. The van der Waals surface area contributed by atoms with Gasteiger partial charge in [-0.1, -0.05) is 52.0 Å². The molecule has 4 amide bonds. The van der Waals surface area contributed by atoms with Crippen LogP contribution in [0.4, 0.5) is 35.1 Å². The molecule has 0 spiro atoms. The minimum absolute atomic E-state index is 0.0271. The number of amides is 4. The molecular formula is C84H106F8N6O20S2. The average molecular weight is 1740 g/mol. The molecule has 6 fully saturated rings. The lowest BCUT2D eigenvalue weighted by Crippen LogP contribution is -2.49. The van der Waals surface area contributed by atoms with E-state index < -0.39 is 210 Å². The largest absolute Gasteiger partial charge is 0.493 e. The summed E-state index contributed by atoms with van der Waals surface area (Å²) in [5, 5.41) is 2.41. The first-order valence-corrected chi connectivity index (χ1v) is 43.3. The minimum Gasteiger partial charge on any atom is -0.493 e. The maximum Gasteiger partial charge on any atom is 0.427 e. The Morgan fingerprint density at radius 2 is 0.867 bits per heavy atom. The van der Waals surface area contributed by atoms with Crippen LogP contribution in [0.1, 0.15) is 171 Å². The van der Waals surface area contributed by atoms with Gasteiger partial charge in [0.2, 0.25) is 66.6 Å². The second-order valence-corrected chi connectivity index (χ2v) is 39.2. The fourth-order valence-electron chi connectivity index (χ4n) is 17.1. The van der Waals surface area contributed by atoms with Crippen LogP contribution in [-0.2, 0) is 67.9 Å². The topological polar surface area (TPSA) is 335 Å².